The summed E-state index contributed by atoms with van der Waals surface area (Å²) in [7, 11) is 0. The molecule has 0 fully saturated rings. The Hall–Kier alpha value is -1.38. The average molecular weight is 245 g/mol. The molecule has 88 valence electrons. The van der Waals surface area contributed by atoms with Crippen molar-refractivity contribution in [1.29, 1.82) is 0 Å². The Morgan fingerprint density at radius 3 is 1.80 bits per heavy atom. The number of alkyl halides is 1. The first-order chi connectivity index (χ1) is 6.21. The van der Waals surface area contributed by atoms with Gasteiger partial charge in [0, 0.05) is 0 Å². The van der Waals surface area contributed by atoms with Crippen LogP contribution in [0, 0.1) is 0 Å². The number of carbonyl (C=O) groups is 3. The average Bonchev–Trinajstić information content (AvgIpc) is 2.00. The number of carboxylic acid groups (broad SMARTS) is 3. The van der Waals surface area contributed by atoms with Gasteiger partial charge in [-0.05, 0) is 0 Å². The lowest BCUT2D eigenvalue weighted by molar-refractivity contribution is -0.169. The smallest absolute Gasteiger partial charge is 0.338 e. The second-order valence-corrected chi connectivity index (χ2v) is 2.94. The maximum atomic E-state index is 10.4. The van der Waals surface area contributed by atoms with E-state index in [-0.39, 0.29) is 5.48 Å². The van der Waals surface area contributed by atoms with Crippen LogP contribution in [0.5, 0.6) is 0 Å². The van der Waals surface area contributed by atoms with Gasteiger partial charge in [-0.3, -0.25) is 9.59 Å². The van der Waals surface area contributed by atoms with Gasteiger partial charge in [0.05, 0.1) is 6.42 Å². The van der Waals surface area contributed by atoms with E-state index in [2.05, 4.69) is 0 Å². The summed E-state index contributed by atoms with van der Waals surface area (Å²) in [4.78, 5) is 30.9. The SMILES string of the molecule is O.O=C(O)CC(O)(C(=O)O)C(Cl)C(=O)O. The highest BCUT2D eigenvalue weighted by Gasteiger charge is 2.49. The van der Waals surface area contributed by atoms with Crippen LogP contribution in [-0.2, 0) is 14.4 Å². The molecule has 0 aromatic heterocycles. The van der Waals surface area contributed by atoms with Crippen molar-refractivity contribution >= 4 is 29.5 Å². The van der Waals surface area contributed by atoms with Gasteiger partial charge in [0.2, 0.25) is 0 Å². The molecule has 0 saturated carbocycles. The Kier molecular flexibility index (Phi) is 5.88. The molecule has 0 aromatic rings. The largest absolute Gasteiger partial charge is 0.481 e. The molecule has 15 heavy (non-hydrogen) atoms. The first-order valence-corrected chi connectivity index (χ1v) is 3.70. The first-order valence-electron chi connectivity index (χ1n) is 3.26. The van der Waals surface area contributed by atoms with Gasteiger partial charge in [-0.1, -0.05) is 0 Å². The number of halogens is 1. The van der Waals surface area contributed by atoms with Gasteiger partial charge in [0.15, 0.2) is 11.0 Å². The second kappa shape index (κ2) is 5.49. The van der Waals surface area contributed by atoms with Crippen LogP contribution in [0.2, 0.25) is 0 Å². The molecule has 8 nitrogen and oxygen atoms in total. The minimum atomic E-state index is -3.01. The van der Waals surface area contributed by atoms with Crippen molar-refractivity contribution in [2.75, 3.05) is 0 Å². The number of aliphatic hydroxyl groups is 1. The number of hydrogen-bond acceptors (Lipinski definition) is 4. The molecule has 0 aliphatic carbocycles. The third-order valence-corrected chi connectivity index (χ3v) is 1.97. The molecule has 0 rings (SSSR count). The van der Waals surface area contributed by atoms with E-state index in [1.54, 1.807) is 0 Å². The Morgan fingerprint density at radius 1 is 1.20 bits per heavy atom. The molecule has 0 radical (unpaired) electrons. The van der Waals surface area contributed by atoms with Gasteiger partial charge in [-0.25, -0.2) is 4.79 Å². The van der Waals surface area contributed by atoms with Gasteiger partial charge < -0.3 is 25.9 Å². The zero-order valence-corrected chi connectivity index (χ0v) is 7.93. The van der Waals surface area contributed by atoms with Gasteiger partial charge in [-0.15, -0.1) is 11.6 Å². The van der Waals surface area contributed by atoms with E-state index in [0.717, 1.165) is 0 Å². The molecule has 0 saturated heterocycles. The topological polar surface area (TPSA) is 164 Å². The molecule has 2 atom stereocenters. The summed E-state index contributed by atoms with van der Waals surface area (Å²) >= 11 is 5.07. The van der Waals surface area contributed by atoms with Gasteiger partial charge in [0.25, 0.3) is 0 Å². The molecule has 6 N–H and O–H groups in total. The lowest BCUT2D eigenvalue weighted by atomic mass is 9.95. The molecule has 9 heteroatoms. The highest BCUT2D eigenvalue weighted by atomic mass is 35.5. The predicted molar refractivity (Wildman–Crippen MR) is 45.7 cm³/mol. The molecule has 2 unspecified atom stereocenters. The van der Waals surface area contributed by atoms with Gasteiger partial charge in [-0.2, -0.15) is 0 Å². The summed E-state index contributed by atoms with van der Waals surface area (Å²) in [5, 5.41) is 32.0. The lowest BCUT2D eigenvalue weighted by Crippen LogP contribution is -2.51. The quantitative estimate of drug-likeness (QED) is 0.412. The van der Waals surface area contributed by atoms with Crippen molar-refractivity contribution in [3.8, 4) is 0 Å². The molecule has 0 spiro atoms. The van der Waals surface area contributed by atoms with Crippen LogP contribution in [0.4, 0.5) is 0 Å². The fraction of sp³-hybridized carbons (Fsp3) is 0.500. The molecular weight excluding hydrogens is 236 g/mol. The van der Waals surface area contributed by atoms with E-state index in [1.807, 2.05) is 0 Å². The van der Waals surface area contributed by atoms with E-state index >= 15 is 0 Å². The summed E-state index contributed by atoms with van der Waals surface area (Å²) < 4.78 is 0. The standard InChI is InChI=1S/C6H7ClO7.H2O/c7-3(4(10)11)6(14,5(12)13)1-2(8)9;/h3,14H,1H2,(H,8,9)(H,10,11)(H,12,13);1H2. The third-order valence-electron chi connectivity index (χ3n) is 1.43. The van der Waals surface area contributed by atoms with E-state index in [9.17, 15) is 19.5 Å². The Morgan fingerprint density at radius 2 is 1.60 bits per heavy atom. The lowest BCUT2D eigenvalue weighted by Gasteiger charge is -2.23. The van der Waals surface area contributed by atoms with Crippen molar-refractivity contribution in [2.45, 2.75) is 17.4 Å². The summed E-state index contributed by atoms with van der Waals surface area (Å²) in [5.41, 5.74) is -3.01. The first kappa shape index (κ1) is 16.1. The van der Waals surface area contributed by atoms with Crippen LogP contribution in [0.25, 0.3) is 0 Å². The summed E-state index contributed by atoms with van der Waals surface area (Å²) in [6, 6.07) is 0. The fourth-order valence-electron chi connectivity index (χ4n) is 0.708. The zero-order valence-electron chi connectivity index (χ0n) is 7.18. The van der Waals surface area contributed by atoms with E-state index < -0.39 is 35.3 Å². The van der Waals surface area contributed by atoms with Crippen molar-refractivity contribution < 1.29 is 40.3 Å². The molecule has 0 bridgehead atoms. The number of aliphatic carboxylic acids is 3. The molecule has 0 amide bonds. The van der Waals surface area contributed by atoms with E-state index in [1.165, 1.54) is 0 Å². The maximum absolute atomic E-state index is 10.4. The monoisotopic (exact) mass is 244 g/mol. The molecular formula is C6H9ClO8. The van der Waals surface area contributed by atoms with Crippen molar-refractivity contribution in [1.82, 2.24) is 0 Å². The minimum absolute atomic E-state index is 0. The summed E-state index contributed by atoms with van der Waals surface area (Å²) in [6.45, 7) is 0. The molecule has 0 aliphatic rings. The Labute approximate surface area is 88.0 Å². The summed E-state index contributed by atoms with van der Waals surface area (Å²) in [6.07, 6.45) is -1.29. The molecule has 0 heterocycles. The maximum Gasteiger partial charge on any atom is 0.338 e. The number of rotatable bonds is 5. The van der Waals surface area contributed by atoms with Gasteiger partial charge >= 0.3 is 17.9 Å². The van der Waals surface area contributed by atoms with Crippen LogP contribution in [-0.4, -0.2) is 54.8 Å². The Bertz CT molecular complexity index is 276. The van der Waals surface area contributed by atoms with Crippen molar-refractivity contribution in [3.05, 3.63) is 0 Å². The zero-order chi connectivity index (χ0) is 11.5. The predicted octanol–water partition coefficient (Wildman–Crippen LogP) is -1.86. The third kappa shape index (κ3) is 3.70. The normalized spacial score (nSPS) is 15.6. The van der Waals surface area contributed by atoms with Crippen molar-refractivity contribution in [2.24, 2.45) is 0 Å². The highest BCUT2D eigenvalue weighted by molar-refractivity contribution is 6.32. The second-order valence-electron chi connectivity index (χ2n) is 2.50. The van der Waals surface area contributed by atoms with Crippen LogP contribution in [0.3, 0.4) is 0 Å². The van der Waals surface area contributed by atoms with E-state index in [0.29, 0.717) is 0 Å². The number of hydrogen-bond donors (Lipinski definition) is 4. The number of carboxylic acids is 3. The van der Waals surface area contributed by atoms with Crippen LogP contribution >= 0.6 is 11.6 Å². The van der Waals surface area contributed by atoms with Crippen LogP contribution in [0.15, 0.2) is 0 Å². The molecule has 0 aromatic carbocycles. The summed E-state index contributed by atoms with van der Waals surface area (Å²) in [5.74, 6) is -5.47. The Balaban J connectivity index is 0. The minimum Gasteiger partial charge on any atom is -0.481 e. The fourth-order valence-corrected chi connectivity index (χ4v) is 0.879. The van der Waals surface area contributed by atoms with Gasteiger partial charge in [0.1, 0.15) is 0 Å². The van der Waals surface area contributed by atoms with E-state index in [4.69, 9.17) is 26.9 Å². The molecule has 0 aliphatic heterocycles. The van der Waals surface area contributed by atoms with Crippen LogP contribution < -0.4 is 0 Å². The highest BCUT2D eigenvalue weighted by Crippen LogP contribution is 2.21. The van der Waals surface area contributed by atoms with Crippen LogP contribution in [0.1, 0.15) is 6.42 Å². The van der Waals surface area contributed by atoms with Crippen molar-refractivity contribution in [3.63, 3.8) is 0 Å².